The van der Waals surface area contributed by atoms with Crippen molar-refractivity contribution in [1.82, 2.24) is 20.0 Å². The summed E-state index contributed by atoms with van der Waals surface area (Å²) in [5.74, 6) is -0.125. The van der Waals surface area contributed by atoms with Crippen molar-refractivity contribution in [1.29, 1.82) is 0 Å². The number of rotatable bonds is 1. The molecule has 0 bridgehead atoms. The third-order valence-electron chi connectivity index (χ3n) is 4.13. The molecule has 0 aliphatic carbocycles. The number of nitrogens with one attached hydrogen (secondary N) is 2. The predicted octanol–water partition coefficient (Wildman–Crippen LogP) is 0.759. The Kier molecular flexibility index (Phi) is 4.01. The molecule has 126 valence electrons. The quantitative estimate of drug-likeness (QED) is 0.799. The molecule has 0 unspecified atom stereocenters. The average molecular weight is 321 g/mol. The second-order valence-corrected chi connectivity index (χ2v) is 7.03. The van der Waals surface area contributed by atoms with E-state index in [0.29, 0.717) is 18.8 Å². The number of carbonyl (C=O) groups excluding carboxylic acids is 2. The highest BCUT2D eigenvalue weighted by atomic mass is 16.5. The van der Waals surface area contributed by atoms with Crippen molar-refractivity contribution < 1.29 is 14.3 Å². The molecule has 3 heterocycles. The molecule has 0 aromatic carbocycles. The molecular weight excluding hydrogens is 298 g/mol. The first kappa shape index (κ1) is 15.8. The molecule has 3 amide bonds. The number of piperidine rings is 1. The Labute approximate surface area is 135 Å². The topological polar surface area (TPSA) is 88.5 Å². The average Bonchev–Trinajstić information content (AvgIpc) is 2.95. The smallest absolute Gasteiger partial charge is 0.322 e. The molecule has 0 radical (unpaired) electrons. The Morgan fingerprint density at radius 3 is 2.96 bits per heavy atom. The monoisotopic (exact) mass is 321 g/mol. The van der Waals surface area contributed by atoms with Gasteiger partial charge in [-0.25, -0.2) is 4.79 Å². The normalized spacial score (nSPS) is 24.8. The number of hydrogen-bond acceptors (Lipinski definition) is 4. The fraction of sp³-hybridized carbons (Fsp3) is 0.667. The van der Waals surface area contributed by atoms with E-state index in [1.807, 2.05) is 31.6 Å². The molecular formula is C15H23N5O3. The van der Waals surface area contributed by atoms with Crippen LogP contribution in [-0.4, -0.2) is 58.5 Å². The first-order valence-corrected chi connectivity index (χ1v) is 7.85. The molecule has 3 rings (SSSR count). The SMILES string of the molecule is CC(C)(C)n1cc(NC(=O)N2CC[C@H]3OCC(=O)N[C@@H]3C2)cn1. The minimum absolute atomic E-state index is 0.000362. The fourth-order valence-corrected chi connectivity index (χ4v) is 2.84. The molecule has 2 atom stereocenters. The summed E-state index contributed by atoms with van der Waals surface area (Å²) in [4.78, 5) is 25.5. The second kappa shape index (κ2) is 5.84. The highest BCUT2D eigenvalue weighted by Crippen LogP contribution is 2.19. The lowest BCUT2D eigenvalue weighted by Crippen LogP contribution is -2.61. The maximum Gasteiger partial charge on any atom is 0.322 e. The number of nitrogens with zero attached hydrogens (tertiary/aromatic N) is 3. The van der Waals surface area contributed by atoms with Crippen LogP contribution >= 0.6 is 0 Å². The molecule has 23 heavy (non-hydrogen) atoms. The maximum absolute atomic E-state index is 12.4. The van der Waals surface area contributed by atoms with Gasteiger partial charge >= 0.3 is 6.03 Å². The molecule has 1 aromatic rings. The number of urea groups is 1. The largest absolute Gasteiger partial charge is 0.366 e. The number of aromatic nitrogens is 2. The van der Waals surface area contributed by atoms with Crippen molar-refractivity contribution in [3.8, 4) is 0 Å². The summed E-state index contributed by atoms with van der Waals surface area (Å²) in [6.07, 6.45) is 4.18. The van der Waals surface area contributed by atoms with E-state index in [-0.39, 0.29) is 36.2 Å². The minimum atomic E-state index is -0.184. The van der Waals surface area contributed by atoms with Gasteiger partial charge in [-0.2, -0.15) is 5.10 Å². The number of amides is 3. The summed E-state index contributed by atoms with van der Waals surface area (Å²) < 4.78 is 7.31. The molecule has 0 spiro atoms. The van der Waals surface area contributed by atoms with E-state index in [4.69, 9.17) is 4.74 Å². The summed E-state index contributed by atoms with van der Waals surface area (Å²) in [6, 6.07) is -0.315. The van der Waals surface area contributed by atoms with Crippen LogP contribution in [0.4, 0.5) is 10.5 Å². The van der Waals surface area contributed by atoms with Gasteiger partial charge in [0.05, 0.1) is 29.6 Å². The van der Waals surface area contributed by atoms with Crippen LogP contribution in [0.15, 0.2) is 12.4 Å². The lowest BCUT2D eigenvalue weighted by Gasteiger charge is -2.40. The van der Waals surface area contributed by atoms with Gasteiger partial charge in [-0.3, -0.25) is 9.48 Å². The van der Waals surface area contributed by atoms with Gasteiger partial charge in [0, 0.05) is 19.3 Å². The van der Waals surface area contributed by atoms with Crippen molar-refractivity contribution in [2.24, 2.45) is 0 Å². The van der Waals surface area contributed by atoms with Gasteiger partial charge in [0.1, 0.15) is 6.61 Å². The first-order chi connectivity index (χ1) is 10.8. The zero-order valence-electron chi connectivity index (χ0n) is 13.7. The Balaban J connectivity index is 1.60. The maximum atomic E-state index is 12.4. The van der Waals surface area contributed by atoms with Gasteiger partial charge < -0.3 is 20.3 Å². The van der Waals surface area contributed by atoms with Crippen molar-refractivity contribution in [2.75, 3.05) is 25.0 Å². The first-order valence-electron chi connectivity index (χ1n) is 7.85. The summed E-state index contributed by atoms with van der Waals surface area (Å²) in [5, 5.41) is 10.0. The summed E-state index contributed by atoms with van der Waals surface area (Å²) in [5.41, 5.74) is 0.529. The van der Waals surface area contributed by atoms with Crippen LogP contribution in [0.2, 0.25) is 0 Å². The van der Waals surface area contributed by atoms with Crippen LogP contribution in [-0.2, 0) is 15.1 Å². The van der Waals surface area contributed by atoms with E-state index in [2.05, 4.69) is 15.7 Å². The zero-order valence-corrected chi connectivity index (χ0v) is 13.7. The van der Waals surface area contributed by atoms with Crippen LogP contribution in [0, 0.1) is 0 Å². The van der Waals surface area contributed by atoms with Gasteiger partial charge in [-0.1, -0.05) is 0 Å². The Morgan fingerprint density at radius 2 is 2.26 bits per heavy atom. The molecule has 2 saturated heterocycles. The molecule has 2 fully saturated rings. The Hall–Kier alpha value is -2.09. The number of ether oxygens (including phenoxy) is 1. The molecule has 2 aliphatic rings. The third kappa shape index (κ3) is 3.47. The summed E-state index contributed by atoms with van der Waals surface area (Å²) in [6.45, 7) is 7.30. The van der Waals surface area contributed by atoms with E-state index in [9.17, 15) is 9.59 Å². The minimum Gasteiger partial charge on any atom is -0.366 e. The van der Waals surface area contributed by atoms with Crippen LogP contribution in [0.3, 0.4) is 0 Å². The molecule has 1 aromatic heterocycles. The van der Waals surface area contributed by atoms with E-state index >= 15 is 0 Å². The number of hydrogen-bond donors (Lipinski definition) is 2. The highest BCUT2D eigenvalue weighted by molar-refractivity contribution is 5.89. The van der Waals surface area contributed by atoms with Crippen molar-refractivity contribution >= 4 is 17.6 Å². The van der Waals surface area contributed by atoms with E-state index < -0.39 is 0 Å². The standard InChI is InChI=1S/C15H23N5O3/c1-15(2,3)20-7-10(6-16-20)17-14(22)19-5-4-12-11(8-19)18-13(21)9-23-12/h6-7,11-12H,4-5,8-9H2,1-3H3,(H,17,22)(H,18,21)/t11-,12-/m1/s1. The number of fused-ring (bicyclic) bond motifs is 1. The zero-order chi connectivity index (χ0) is 16.6. The second-order valence-electron chi connectivity index (χ2n) is 7.03. The molecule has 2 aliphatic heterocycles. The van der Waals surface area contributed by atoms with Crippen LogP contribution in [0.1, 0.15) is 27.2 Å². The van der Waals surface area contributed by atoms with E-state index in [1.165, 1.54) is 0 Å². The van der Waals surface area contributed by atoms with Gasteiger partial charge in [0.2, 0.25) is 5.91 Å². The van der Waals surface area contributed by atoms with Gasteiger partial charge in [-0.15, -0.1) is 0 Å². The van der Waals surface area contributed by atoms with E-state index in [1.54, 1.807) is 11.1 Å². The Morgan fingerprint density at radius 1 is 1.48 bits per heavy atom. The van der Waals surface area contributed by atoms with E-state index in [0.717, 1.165) is 6.42 Å². The summed E-state index contributed by atoms with van der Waals surface area (Å²) in [7, 11) is 0. The lowest BCUT2D eigenvalue weighted by molar-refractivity contribution is -0.139. The van der Waals surface area contributed by atoms with Gasteiger partial charge in [-0.05, 0) is 27.2 Å². The Bertz CT molecular complexity index is 606. The number of anilines is 1. The van der Waals surface area contributed by atoms with Crippen LogP contribution < -0.4 is 10.6 Å². The number of likely N-dealkylation sites (tertiary alicyclic amines) is 1. The predicted molar refractivity (Wildman–Crippen MR) is 84.1 cm³/mol. The molecule has 8 nitrogen and oxygen atoms in total. The fourth-order valence-electron chi connectivity index (χ4n) is 2.84. The van der Waals surface area contributed by atoms with Crippen molar-refractivity contribution in [3.05, 3.63) is 12.4 Å². The summed E-state index contributed by atoms with van der Waals surface area (Å²) >= 11 is 0. The molecule has 8 heteroatoms. The number of morpholine rings is 1. The van der Waals surface area contributed by atoms with Gasteiger partial charge in [0.15, 0.2) is 0 Å². The lowest BCUT2D eigenvalue weighted by atomic mass is 10.0. The number of carbonyl (C=O) groups is 2. The molecule has 0 saturated carbocycles. The van der Waals surface area contributed by atoms with Gasteiger partial charge in [0.25, 0.3) is 0 Å². The molecule has 2 N–H and O–H groups in total. The van der Waals surface area contributed by atoms with Crippen molar-refractivity contribution in [3.63, 3.8) is 0 Å². The third-order valence-corrected chi connectivity index (χ3v) is 4.13. The highest BCUT2D eigenvalue weighted by Gasteiger charge is 2.36. The van der Waals surface area contributed by atoms with Crippen LogP contribution in [0.25, 0.3) is 0 Å². The van der Waals surface area contributed by atoms with Crippen LogP contribution in [0.5, 0.6) is 0 Å². The van der Waals surface area contributed by atoms with Crippen molar-refractivity contribution in [2.45, 2.75) is 44.9 Å².